The minimum Gasteiger partial charge on any atom is -0.497 e. The zero-order valence-corrected chi connectivity index (χ0v) is 17.4. The Morgan fingerprint density at radius 3 is 2.10 bits per heavy atom. The second kappa shape index (κ2) is 9.43. The minimum atomic E-state index is 0. The monoisotopic (exact) mass is 412 g/mol. The van der Waals surface area contributed by atoms with E-state index in [0.717, 1.165) is 43.1 Å². The molecule has 0 radical (unpaired) electrons. The van der Waals surface area contributed by atoms with Gasteiger partial charge in [-0.2, -0.15) is 15.0 Å². The summed E-state index contributed by atoms with van der Waals surface area (Å²) in [5, 5.41) is 6.57. The van der Waals surface area contributed by atoms with Crippen LogP contribution >= 0.6 is 12.4 Å². The SMILES string of the molecule is COc1cccc(Nc2nc(Nc3cccc(C)c3)nc(N3CCCC3)n2)c1.Cl. The smallest absolute Gasteiger partial charge is 0.233 e. The van der Waals surface area contributed by atoms with E-state index in [1.54, 1.807) is 7.11 Å². The van der Waals surface area contributed by atoms with Gasteiger partial charge in [0.2, 0.25) is 17.8 Å². The average Bonchev–Trinajstić information content (AvgIpc) is 3.23. The van der Waals surface area contributed by atoms with Crippen molar-refractivity contribution >= 4 is 41.6 Å². The summed E-state index contributed by atoms with van der Waals surface area (Å²) < 4.78 is 5.30. The summed E-state index contributed by atoms with van der Waals surface area (Å²) in [7, 11) is 1.65. The van der Waals surface area contributed by atoms with Crippen LogP contribution in [0.15, 0.2) is 48.5 Å². The van der Waals surface area contributed by atoms with Crippen LogP contribution < -0.4 is 20.3 Å². The molecule has 2 aromatic carbocycles. The topological polar surface area (TPSA) is 75.2 Å². The van der Waals surface area contributed by atoms with Crippen LogP contribution in [0.1, 0.15) is 18.4 Å². The number of hydrogen-bond donors (Lipinski definition) is 2. The predicted molar refractivity (Wildman–Crippen MR) is 119 cm³/mol. The van der Waals surface area contributed by atoms with Crippen molar-refractivity contribution < 1.29 is 4.74 Å². The normalized spacial score (nSPS) is 13.0. The van der Waals surface area contributed by atoms with Crippen LogP contribution in [0.4, 0.5) is 29.2 Å². The van der Waals surface area contributed by atoms with E-state index in [2.05, 4.69) is 49.5 Å². The molecule has 1 fully saturated rings. The summed E-state index contributed by atoms with van der Waals surface area (Å²) in [4.78, 5) is 16.0. The molecule has 29 heavy (non-hydrogen) atoms. The number of aryl methyl sites for hydroxylation is 1. The van der Waals surface area contributed by atoms with Gasteiger partial charge in [-0.1, -0.05) is 18.2 Å². The number of benzene rings is 2. The van der Waals surface area contributed by atoms with Crippen LogP contribution in [0.2, 0.25) is 0 Å². The Bertz CT molecular complexity index is 961. The standard InChI is InChI=1S/C21H24N6O.ClH/c1-15-7-5-8-16(13-15)22-19-24-20(23-17-9-6-10-18(14-17)28-2)26-21(25-19)27-11-3-4-12-27;/h5-10,13-14H,3-4,11-12H2,1-2H3,(H2,22,23,24,25,26);1H. The van der Waals surface area contributed by atoms with Crippen molar-refractivity contribution in [1.29, 1.82) is 0 Å². The number of rotatable bonds is 6. The third-order valence-electron chi connectivity index (χ3n) is 4.61. The Kier molecular flexibility index (Phi) is 6.72. The van der Waals surface area contributed by atoms with Gasteiger partial charge in [0.05, 0.1) is 7.11 Å². The van der Waals surface area contributed by atoms with E-state index in [9.17, 15) is 0 Å². The first kappa shape index (κ1) is 20.7. The third kappa shape index (κ3) is 5.26. The first-order valence-electron chi connectivity index (χ1n) is 9.45. The maximum Gasteiger partial charge on any atom is 0.233 e. The highest BCUT2D eigenvalue weighted by Crippen LogP contribution is 2.24. The zero-order valence-electron chi connectivity index (χ0n) is 16.6. The maximum absolute atomic E-state index is 5.30. The Morgan fingerprint density at radius 2 is 1.48 bits per heavy atom. The van der Waals surface area contributed by atoms with E-state index in [1.165, 1.54) is 5.56 Å². The van der Waals surface area contributed by atoms with Gasteiger partial charge in [0.25, 0.3) is 0 Å². The molecule has 1 aromatic heterocycles. The fourth-order valence-electron chi connectivity index (χ4n) is 3.22. The summed E-state index contributed by atoms with van der Waals surface area (Å²) in [5.41, 5.74) is 2.99. The molecule has 0 spiro atoms. The van der Waals surface area contributed by atoms with E-state index < -0.39 is 0 Å². The molecule has 2 N–H and O–H groups in total. The summed E-state index contributed by atoms with van der Waals surface area (Å²) in [6, 6.07) is 15.8. The Labute approximate surface area is 177 Å². The van der Waals surface area contributed by atoms with Crippen molar-refractivity contribution in [3.63, 3.8) is 0 Å². The molecule has 0 bridgehead atoms. The molecular weight excluding hydrogens is 388 g/mol. The highest BCUT2D eigenvalue weighted by molar-refractivity contribution is 5.85. The van der Waals surface area contributed by atoms with Crippen molar-refractivity contribution in [1.82, 2.24) is 15.0 Å². The molecule has 2 heterocycles. The summed E-state index contributed by atoms with van der Waals surface area (Å²) in [5.74, 6) is 2.48. The van der Waals surface area contributed by atoms with Crippen LogP contribution in [0.25, 0.3) is 0 Å². The molecule has 1 aliphatic rings. The Morgan fingerprint density at radius 1 is 0.862 bits per heavy atom. The predicted octanol–water partition coefficient (Wildman–Crippen LogP) is 4.70. The lowest BCUT2D eigenvalue weighted by atomic mass is 10.2. The summed E-state index contributed by atoms with van der Waals surface area (Å²) in [6.45, 7) is 3.99. The number of anilines is 5. The molecule has 4 rings (SSSR count). The van der Waals surface area contributed by atoms with Crippen molar-refractivity contribution in [3.05, 3.63) is 54.1 Å². The first-order chi connectivity index (χ1) is 13.7. The number of aromatic nitrogens is 3. The molecule has 8 heteroatoms. The molecule has 0 atom stereocenters. The zero-order chi connectivity index (χ0) is 19.3. The van der Waals surface area contributed by atoms with E-state index in [4.69, 9.17) is 4.74 Å². The van der Waals surface area contributed by atoms with Gasteiger partial charge in [-0.05, 0) is 49.6 Å². The molecule has 0 saturated carbocycles. The van der Waals surface area contributed by atoms with Gasteiger partial charge in [0.15, 0.2) is 0 Å². The molecule has 3 aromatic rings. The molecule has 1 saturated heterocycles. The number of halogens is 1. The molecule has 1 aliphatic heterocycles. The van der Waals surface area contributed by atoms with Crippen LogP contribution in [0.5, 0.6) is 5.75 Å². The second-order valence-corrected chi connectivity index (χ2v) is 6.83. The van der Waals surface area contributed by atoms with Crippen molar-refractivity contribution in [3.8, 4) is 5.75 Å². The van der Waals surface area contributed by atoms with Gasteiger partial charge in [0.1, 0.15) is 5.75 Å². The summed E-state index contributed by atoms with van der Waals surface area (Å²) >= 11 is 0. The fourth-order valence-corrected chi connectivity index (χ4v) is 3.22. The van der Waals surface area contributed by atoms with E-state index in [1.807, 2.05) is 36.4 Å². The van der Waals surface area contributed by atoms with Crippen molar-refractivity contribution in [2.45, 2.75) is 19.8 Å². The van der Waals surface area contributed by atoms with Crippen LogP contribution in [-0.4, -0.2) is 35.2 Å². The number of hydrogen-bond acceptors (Lipinski definition) is 7. The van der Waals surface area contributed by atoms with E-state index >= 15 is 0 Å². The number of ether oxygens (including phenoxy) is 1. The van der Waals surface area contributed by atoms with E-state index in [-0.39, 0.29) is 12.4 Å². The third-order valence-corrected chi connectivity index (χ3v) is 4.61. The quantitative estimate of drug-likeness (QED) is 0.607. The number of nitrogens with zero attached hydrogens (tertiary/aromatic N) is 4. The summed E-state index contributed by atoms with van der Waals surface area (Å²) in [6.07, 6.45) is 2.32. The Balaban J connectivity index is 0.00000240. The lowest BCUT2D eigenvalue weighted by molar-refractivity contribution is 0.415. The van der Waals surface area contributed by atoms with Crippen molar-refractivity contribution in [2.24, 2.45) is 0 Å². The van der Waals surface area contributed by atoms with Crippen LogP contribution in [0, 0.1) is 6.92 Å². The average molecular weight is 413 g/mol. The fraction of sp³-hybridized carbons (Fsp3) is 0.286. The van der Waals surface area contributed by atoms with Gasteiger partial charge in [-0.3, -0.25) is 0 Å². The van der Waals surface area contributed by atoms with E-state index in [0.29, 0.717) is 17.8 Å². The molecule has 152 valence electrons. The largest absolute Gasteiger partial charge is 0.497 e. The minimum absolute atomic E-state index is 0. The Hall–Kier alpha value is -3.06. The van der Waals surface area contributed by atoms with Crippen molar-refractivity contribution in [2.75, 3.05) is 35.7 Å². The lowest BCUT2D eigenvalue weighted by Gasteiger charge is -2.17. The molecule has 7 nitrogen and oxygen atoms in total. The highest BCUT2D eigenvalue weighted by Gasteiger charge is 2.17. The number of methoxy groups -OCH3 is 1. The lowest BCUT2D eigenvalue weighted by Crippen LogP contribution is -2.21. The number of nitrogens with one attached hydrogen (secondary N) is 2. The molecular formula is C21H25ClN6O. The van der Waals surface area contributed by atoms with Gasteiger partial charge < -0.3 is 20.3 Å². The van der Waals surface area contributed by atoms with Crippen LogP contribution in [0.3, 0.4) is 0 Å². The molecule has 0 amide bonds. The first-order valence-corrected chi connectivity index (χ1v) is 9.45. The second-order valence-electron chi connectivity index (χ2n) is 6.83. The maximum atomic E-state index is 5.30. The molecule has 0 unspecified atom stereocenters. The van der Waals surface area contributed by atoms with Gasteiger partial charge in [0, 0.05) is 30.5 Å². The van der Waals surface area contributed by atoms with Gasteiger partial charge >= 0.3 is 0 Å². The van der Waals surface area contributed by atoms with Gasteiger partial charge in [-0.25, -0.2) is 0 Å². The van der Waals surface area contributed by atoms with Gasteiger partial charge in [-0.15, -0.1) is 12.4 Å². The van der Waals surface area contributed by atoms with Crippen LogP contribution in [-0.2, 0) is 0 Å². The molecule has 0 aliphatic carbocycles. The highest BCUT2D eigenvalue weighted by atomic mass is 35.5.